The molecule has 4 atom stereocenters. The fourth-order valence-electron chi connectivity index (χ4n) is 3.66. The van der Waals surface area contributed by atoms with Crippen LogP contribution in [0.4, 0.5) is 13.2 Å². The Kier molecular flexibility index (Phi) is 4.15. The van der Waals surface area contributed by atoms with Crippen molar-refractivity contribution in [3.05, 3.63) is 11.6 Å². The molecular weight excluding hydrogens is 297 g/mol. The third-order valence-electron chi connectivity index (χ3n) is 4.87. The molecule has 1 aromatic rings. The number of alkyl halides is 3. The highest BCUT2D eigenvalue weighted by molar-refractivity contribution is 5.09. The second-order valence-electron chi connectivity index (χ2n) is 6.34. The number of ether oxygens (including phenoxy) is 1. The summed E-state index contributed by atoms with van der Waals surface area (Å²) >= 11 is 0. The van der Waals surface area contributed by atoms with Crippen LogP contribution in [-0.2, 0) is 17.7 Å². The number of rotatable bonds is 2. The topological polar surface area (TPSA) is 66.0 Å². The number of hydrogen-bond donors (Lipinski definition) is 1. The first-order valence-electron chi connectivity index (χ1n) is 7.67. The second-order valence-corrected chi connectivity index (χ2v) is 6.34. The standard InChI is InChI=1S/C14H21F3N4O/c1-22-11-6-12-19-20-13(8-3-2-4-9(18)5-8)21(12)7-10(11)14(15,16)17/h8-11H,2-7,18H2,1H3/t8-,9+,10?,11?/m0/s1. The second kappa shape index (κ2) is 5.81. The van der Waals surface area contributed by atoms with Crippen molar-refractivity contribution in [1.29, 1.82) is 0 Å². The molecule has 1 aliphatic heterocycles. The molecule has 2 heterocycles. The van der Waals surface area contributed by atoms with Gasteiger partial charge >= 0.3 is 6.18 Å². The van der Waals surface area contributed by atoms with E-state index >= 15 is 0 Å². The summed E-state index contributed by atoms with van der Waals surface area (Å²) < 4.78 is 46.5. The highest BCUT2D eigenvalue weighted by Gasteiger charge is 2.48. The van der Waals surface area contributed by atoms with Crippen LogP contribution in [0.15, 0.2) is 0 Å². The van der Waals surface area contributed by atoms with E-state index in [9.17, 15) is 13.2 Å². The van der Waals surface area contributed by atoms with Gasteiger partial charge < -0.3 is 15.0 Å². The van der Waals surface area contributed by atoms with Crippen molar-refractivity contribution < 1.29 is 17.9 Å². The lowest BCUT2D eigenvalue weighted by molar-refractivity contribution is -0.211. The number of methoxy groups -OCH3 is 1. The largest absolute Gasteiger partial charge is 0.396 e. The van der Waals surface area contributed by atoms with Crippen LogP contribution in [0.1, 0.15) is 43.3 Å². The van der Waals surface area contributed by atoms with Crippen LogP contribution in [-0.4, -0.2) is 40.2 Å². The molecule has 1 fully saturated rings. The summed E-state index contributed by atoms with van der Waals surface area (Å²) in [4.78, 5) is 0. The summed E-state index contributed by atoms with van der Waals surface area (Å²) in [6, 6.07) is 0.0976. The molecular formula is C14H21F3N4O. The van der Waals surface area contributed by atoms with E-state index in [0.29, 0.717) is 11.6 Å². The predicted molar refractivity (Wildman–Crippen MR) is 73.3 cm³/mol. The van der Waals surface area contributed by atoms with Gasteiger partial charge in [-0.3, -0.25) is 0 Å². The normalized spacial score (nSPS) is 32.8. The summed E-state index contributed by atoms with van der Waals surface area (Å²) in [5.41, 5.74) is 5.99. The average Bonchev–Trinajstić information content (AvgIpc) is 2.87. The third-order valence-corrected chi connectivity index (χ3v) is 4.87. The Morgan fingerprint density at radius 1 is 1.27 bits per heavy atom. The monoisotopic (exact) mass is 318 g/mol. The lowest BCUT2D eigenvalue weighted by Crippen LogP contribution is -2.44. The molecule has 0 amide bonds. The van der Waals surface area contributed by atoms with Crippen LogP contribution >= 0.6 is 0 Å². The van der Waals surface area contributed by atoms with Gasteiger partial charge in [-0.25, -0.2) is 0 Å². The van der Waals surface area contributed by atoms with Gasteiger partial charge in [-0.15, -0.1) is 10.2 Å². The Morgan fingerprint density at radius 3 is 2.68 bits per heavy atom. The van der Waals surface area contributed by atoms with Crippen molar-refractivity contribution in [3.8, 4) is 0 Å². The van der Waals surface area contributed by atoms with Crippen LogP contribution < -0.4 is 5.73 Å². The van der Waals surface area contributed by atoms with Gasteiger partial charge in [-0.2, -0.15) is 13.2 Å². The van der Waals surface area contributed by atoms with Crippen LogP contribution in [0.25, 0.3) is 0 Å². The number of hydrogen-bond acceptors (Lipinski definition) is 4. The molecule has 0 spiro atoms. The molecule has 1 aromatic heterocycles. The van der Waals surface area contributed by atoms with Crippen molar-refractivity contribution in [2.24, 2.45) is 11.7 Å². The third kappa shape index (κ3) is 2.86. The molecule has 2 unspecified atom stereocenters. The molecule has 5 nitrogen and oxygen atoms in total. The molecule has 2 aliphatic rings. The van der Waals surface area contributed by atoms with E-state index in [4.69, 9.17) is 10.5 Å². The highest BCUT2D eigenvalue weighted by atomic mass is 19.4. The number of halogens is 3. The van der Waals surface area contributed by atoms with Crippen molar-refractivity contribution in [3.63, 3.8) is 0 Å². The molecule has 124 valence electrons. The lowest BCUT2D eigenvalue weighted by Gasteiger charge is -2.34. The molecule has 8 heteroatoms. The Hall–Kier alpha value is -1.15. The molecule has 0 saturated heterocycles. The average molecular weight is 318 g/mol. The lowest BCUT2D eigenvalue weighted by atomic mass is 9.85. The summed E-state index contributed by atoms with van der Waals surface area (Å²) in [6.45, 7) is -0.161. The number of nitrogens with zero attached hydrogens (tertiary/aromatic N) is 3. The zero-order valence-corrected chi connectivity index (χ0v) is 12.5. The summed E-state index contributed by atoms with van der Waals surface area (Å²) in [6.07, 6.45) is -1.40. The van der Waals surface area contributed by atoms with Crippen LogP contribution in [0.2, 0.25) is 0 Å². The Balaban J connectivity index is 1.88. The van der Waals surface area contributed by atoms with E-state index in [0.717, 1.165) is 25.7 Å². The van der Waals surface area contributed by atoms with Gasteiger partial charge in [0.1, 0.15) is 11.6 Å². The van der Waals surface area contributed by atoms with E-state index in [1.54, 1.807) is 4.57 Å². The smallest absolute Gasteiger partial charge is 0.380 e. The van der Waals surface area contributed by atoms with Crippen molar-refractivity contribution >= 4 is 0 Å². The fourth-order valence-corrected chi connectivity index (χ4v) is 3.66. The molecule has 22 heavy (non-hydrogen) atoms. The maximum absolute atomic E-state index is 13.3. The maximum Gasteiger partial charge on any atom is 0.396 e. The molecule has 2 N–H and O–H groups in total. The minimum absolute atomic E-state index is 0.0976. The maximum atomic E-state index is 13.3. The van der Waals surface area contributed by atoms with Gasteiger partial charge in [-0.1, -0.05) is 6.42 Å². The first-order chi connectivity index (χ1) is 10.4. The molecule has 0 aromatic carbocycles. The van der Waals surface area contributed by atoms with Crippen molar-refractivity contribution in [2.45, 2.75) is 62.9 Å². The minimum atomic E-state index is -4.29. The number of aromatic nitrogens is 3. The SMILES string of the molecule is COC1Cc2nnc([C@H]3CCC[C@@H](N)C3)n2CC1C(F)(F)F. The zero-order chi connectivity index (χ0) is 15.9. The van der Waals surface area contributed by atoms with Crippen molar-refractivity contribution in [1.82, 2.24) is 14.8 Å². The van der Waals surface area contributed by atoms with Gasteiger partial charge in [0.15, 0.2) is 0 Å². The molecule has 1 saturated carbocycles. The predicted octanol–water partition coefficient (Wildman–Crippen LogP) is 2.01. The summed E-state index contributed by atoms with van der Waals surface area (Å²) in [7, 11) is 1.32. The quantitative estimate of drug-likeness (QED) is 0.906. The Labute approximate surface area is 127 Å². The van der Waals surface area contributed by atoms with Gasteiger partial charge in [0.25, 0.3) is 0 Å². The highest BCUT2D eigenvalue weighted by Crippen LogP contribution is 2.38. The summed E-state index contributed by atoms with van der Waals surface area (Å²) in [5, 5.41) is 8.27. The van der Waals surface area contributed by atoms with Crippen LogP contribution in [0, 0.1) is 5.92 Å². The van der Waals surface area contributed by atoms with Gasteiger partial charge in [0.2, 0.25) is 0 Å². The van der Waals surface area contributed by atoms with Crippen LogP contribution in [0.5, 0.6) is 0 Å². The van der Waals surface area contributed by atoms with E-state index in [1.807, 2.05) is 0 Å². The van der Waals surface area contributed by atoms with Gasteiger partial charge in [0, 0.05) is 32.0 Å². The van der Waals surface area contributed by atoms with Crippen LogP contribution in [0.3, 0.4) is 0 Å². The zero-order valence-electron chi connectivity index (χ0n) is 12.5. The number of fused-ring (bicyclic) bond motifs is 1. The summed E-state index contributed by atoms with van der Waals surface area (Å²) in [5.74, 6) is -0.162. The van der Waals surface area contributed by atoms with E-state index in [2.05, 4.69) is 10.2 Å². The van der Waals surface area contributed by atoms with E-state index in [-0.39, 0.29) is 24.9 Å². The molecule has 1 aliphatic carbocycles. The number of nitrogens with two attached hydrogens (primary N) is 1. The van der Waals surface area contributed by atoms with Gasteiger partial charge in [0.05, 0.1) is 12.0 Å². The first-order valence-corrected chi connectivity index (χ1v) is 7.67. The van der Waals surface area contributed by atoms with Gasteiger partial charge in [-0.05, 0) is 19.3 Å². The van der Waals surface area contributed by atoms with E-state index in [1.165, 1.54) is 7.11 Å². The first kappa shape index (κ1) is 15.7. The molecule has 0 radical (unpaired) electrons. The molecule has 3 rings (SSSR count). The fraction of sp³-hybridized carbons (Fsp3) is 0.857. The van der Waals surface area contributed by atoms with E-state index < -0.39 is 18.2 Å². The minimum Gasteiger partial charge on any atom is -0.380 e. The Bertz CT molecular complexity index is 531. The van der Waals surface area contributed by atoms with Crippen molar-refractivity contribution in [2.75, 3.05) is 7.11 Å². The Morgan fingerprint density at radius 2 is 2.05 bits per heavy atom. The molecule has 0 bridgehead atoms.